The summed E-state index contributed by atoms with van der Waals surface area (Å²) < 4.78 is 11.0. The fraction of sp³-hybridized carbons (Fsp3) is 0.294. The zero-order valence-electron chi connectivity index (χ0n) is 12.1. The number of rotatable bonds is 4. The van der Waals surface area contributed by atoms with Gasteiger partial charge in [0.1, 0.15) is 11.5 Å². The topological polar surface area (TPSA) is 56.5 Å². The number of hydrazine groups is 1. The molecule has 4 heteroatoms. The van der Waals surface area contributed by atoms with Crippen LogP contribution < -0.4 is 20.7 Å². The summed E-state index contributed by atoms with van der Waals surface area (Å²) in [6, 6.07) is 16.2. The van der Waals surface area contributed by atoms with E-state index in [1.807, 2.05) is 36.4 Å². The first-order chi connectivity index (χ1) is 10.3. The first-order valence-electron chi connectivity index (χ1n) is 7.15. The van der Waals surface area contributed by atoms with Crippen molar-refractivity contribution in [2.75, 3.05) is 13.7 Å². The van der Waals surface area contributed by atoms with E-state index in [1.54, 1.807) is 7.11 Å². The van der Waals surface area contributed by atoms with E-state index in [1.165, 1.54) is 5.56 Å². The van der Waals surface area contributed by atoms with Crippen molar-refractivity contribution < 1.29 is 9.47 Å². The Kier molecular flexibility index (Phi) is 4.08. The van der Waals surface area contributed by atoms with Gasteiger partial charge in [-0.15, -0.1) is 0 Å². The number of hydrogen-bond acceptors (Lipinski definition) is 4. The van der Waals surface area contributed by atoms with Crippen molar-refractivity contribution in [3.63, 3.8) is 0 Å². The molecule has 1 heterocycles. The second-order valence-electron chi connectivity index (χ2n) is 5.20. The maximum absolute atomic E-state index is 5.85. The minimum absolute atomic E-state index is 0.0325. The molecule has 21 heavy (non-hydrogen) atoms. The van der Waals surface area contributed by atoms with Gasteiger partial charge >= 0.3 is 0 Å². The van der Waals surface area contributed by atoms with Gasteiger partial charge in [0.25, 0.3) is 0 Å². The molecule has 3 rings (SSSR count). The van der Waals surface area contributed by atoms with E-state index >= 15 is 0 Å². The first kappa shape index (κ1) is 13.9. The standard InChI is InChI=1S/C17H20N2O2/c1-20-13-6-4-5-12(11-13)17(19-18)15-9-10-21-16-8-3-2-7-14(15)16/h2-8,11,15,17,19H,9-10,18H2,1H3. The monoisotopic (exact) mass is 284 g/mol. The summed E-state index contributed by atoms with van der Waals surface area (Å²) in [6.07, 6.45) is 0.934. The molecule has 0 fully saturated rings. The lowest BCUT2D eigenvalue weighted by atomic mass is 9.83. The molecule has 4 nitrogen and oxygen atoms in total. The molecule has 0 saturated carbocycles. The van der Waals surface area contributed by atoms with Gasteiger partial charge in [-0.2, -0.15) is 0 Å². The summed E-state index contributed by atoms with van der Waals surface area (Å²) in [4.78, 5) is 0. The second kappa shape index (κ2) is 6.16. The average molecular weight is 284 g/mol. The van der Waals surface area contributed by atoms with Gasteiger partial charge in [0.2, 0.25) is 0 Å². The van der Waals surface area contributed by atoms with Crippen molar-refractivity contribution in [2.24, 2.45) is 5.84 Å². The molecule has 110 valence electrons. The lowest BCUT2D eigenvalue weighted by molar-refractivity contribution is 0.246. The van der Waals surface area contributed by atoms with Gasteiger partial charge in [-0.3, -0.25) is 11.3 Å². The zero-order chi connectivity index (χ0) is 14.7. The predicted molar refractivity (Wildman–Crippen MR) is 82.4 cm³/mol. The van der Waals surface area contributed by atoms with Gasteiger partial charge in [0, 0.05) is 5.92 Å². The number of methoxy groups -OCH3 is 1. The maximum atomic E-state index is 5.85. The van der Waals surface area contributed by atoms with Crippen LogP contribution in [-0.4, -0.2) is 13.7 Å². The van der Waals surface area contributed by atoms with Crippen molar-refractivity contribution in [2.45, 2.75) is 18.4 Å². The highest BCUT2D eigenvalue weighted by atomic mass is 16.5. The van der Waals surface area contributed by atoms with Crippen molar-refractivity contribution in [3.8, 4) is 11.5 Å². The molecule has 0 aromatic heterocycles. The number of fused-ring (bicyclic) bond motifs is 1. The Bertz CT molecular complexity index is 615. The van der Waals surface area contributed by atoms with Gasteiger partial charge in [0.15, 0.2) is 0 Å². The number of nitrogens with two attached hydrogens (primary N) is 1. The largest absolute Gasteiger partial charge is 0.497 e. The van der Waals surface area contributed by atoms with Crippen LogP contribution in [-0.2, 0) is 0 Å². The maximum Gasteiger partial charge on any atom is 0.122 e. The lowest BCUT2D eigenvalue weighted by Gasteiger charge is -2.32. The molecule has 3 N–H and O–H groups in total. The first-order valence-corrected chi connectivity index (χ1v) is 7.15. The molecule has 2 atom stereocenters. The summed E-state index contributed by atoms with van der Waals surface area (Å²) in [5, 5.41) is 0. The van der Waals surface area contributed by atoms with Crippen LogP contribution in [0, 0.1) is 0 Å². The van der Waals surface area contributed by atoms with Crippen LogP contribution in [0.15, 0.2) is 48.5 Å². The van der Waals surface area contributed by atoms with Gasteiger partial charge < -0.3 is 9.47 Å². The van der Waals surface area contributed by atoms with Crippen LogP contribution in [0.2, 0.25) is 0 Å². The minimum atomic E-state index is 0.0325. The Labute approximate surface area is 124 Å². The molecule has 0 bridgehead atoms. The zero-order valence-corrected chi connectivity index (χ0v) is 12.1. The molecular weight excluding hydrogens is 264 g/mol. The smallest absolute Gasteiger partial charge is 0.122 e. The third-order valence-corrected chi connectivity index (χ3v) is 4.04. The Morgan fingerprint density at radius 1 is 1.24 bits per heavy atom. The Hall–Kier alpha value is -2.04. The SMILES string of the molecule is COc1cccc(C(NN)C2CCOc3ccccc32)c1. The van der Waals surface area contributed by atoms with E-state index in [-0.39, 0.29) is 12.0 Å². The molecule has 2 aromatic carbocycles. The van der Waals surface area contributed by atoms with Gasteiger partial charge in [0.05, 0.1) is 19.8 Å². The van der Waals surface area contributed by atoms with Crippen LogP contribution in [0.3, 0.4) is 0 Å². The third kappa shape index (κ3) is 2.73. The van der Waals surface area contributed by atoms with Crippen LogP contribution in [0.1, 0.15) is 29.5 Å². The summed E-state index contributed by atoms with van der Waals surface area (Å²) in [6.45, 7) is 0.712. The molecule has 2 unspecified atom stereocenters. The molecule has 0 aliphatic carbocycles. The fourth-order valence-corrected chi connectivity index (χ4v) is 3.00. The Balaban J connectivity index is 1.97. The average Bonchev–Trinajstić information content (AvgIpc) is 2.56. The van der Waals surface area contributed by atoms with Crippen LogP contribution in [0.25, 0.3) is 0 Å². The molecule has 0 saturated heterocycles. The van der Waals surface area contributed by atoms with Crippen LogP contribution >= 0.6 is 0 Å². The number of ether oxygens (including phenoxy) is 2. The molecular formula is C17H20N2O2. The van der Waals surface area contributed by atoms with Crippen molar-refractivity contribution >= 4 is 0 Å². The predicted octanol–water partition coefficient (Wildman–Crippen LogP) is 2.77. The Morgan fingerprint density at radius 3 is 2.90 bits per heavy atom. The van der Waals surface area contributed by atoms with Gasteiger partial charge in [-0.05, 0) is 35.7 Å². The van der Waals surface area contributed by atoms with Crippen LogP contribution in [0.5, 0.6) is 11.5 Å². The normalized spacial score (nSPS) is 18.5. The second-order valence-corrected chi connectivity index (χ2v) is 5.20. The van der Waals surface area contributed by atoms with E-state index < -0.39 is 0 Å². The van der Waals surface area contributed by atoms with Crippen molar-refractivity contribution in [3.05, 3.63) is 59.7 Å². The summed E-state index contributed by atoms with van der Waals surface area (Å²) in [5.41, 5.74) is 5.30. The molecule has 0 amide bonds. The molecule has 1 aliphatic rings. The molecule has 2 aromatic rings. The highest BCUT2D eigenvalue weighted by Crippen LogP contribution is 2.41. The highest BCUT2D eigenvalue weighted by molar-refractivity contribution is 5.41. The van der Waals surface area contributed by atoms with Crippen LogP contribution in [0.4, 0.5) is 0 Å². The third-order valence-electron chi connectivity index (χ3n) is 4.04. The molecule has 1 aliphatic heterocycles. The highest BCUT2D eigenvalue weighted by Gasteiger charge is 2.29. The van der Waals surface area contributed by atoms with E-state index in [2.05, 4.69) is 17.6 Å². The number of para-hydroxylation sites is 1. The summed E-state index contributed by atoms with van der Waals surface area (Å²) in [5.74, 6) is 7.93. The molecule has 0 radical (unpaired) electrons. The van der Waals surface area contributed by atoms with E-state index in [0.717, 1.165) is 23.5 Å². The summed E-state index contributed by atoms with van der Waals surface area (Å²) in [7, 11) is 1.67. The number of benzene rings is 2. The number of hydrogen-bond donors (Lipinski definition) is 2. The van der Waals surface area contributed by atoms with E-state index in [0.29, 0.717) is 6.61 Å². The number of nitrogens with one attached hydrogen (secondary N) is 1. The van der Waals surface area contributed by atoms with Crippen molar-refractivity contribution in [1.29, 1.82) is 0 Å². The summed E-state index contributed by atoms with van der Waals surface area (Å²) >= 11 is 0. The quantitative estimate of drug-likeness (QED) is 0.669. The minimum Gasteiger partial charge on any atom is -0.497 e. The molecule has 0 spiro atoms. The van der Waals surface area contributed by atoms with E-state index in [9.17, 15) is 0 Å². The van der Waals surface area contributed by atoms with Gasteiger partial charge in [-0.1, -0.05) is 30.3 Å². The van der Waals surface area contributed by atoms with Gasteiger partial charge in [-0.25, -0.2) is 0 Å². The lowest BCUT2D eigenvalue weighted by Crippen LogP contribution is -2.34. The Morgan fingerprint density at radius 2 is 2.10 bits per heavy atom. The van der Waals surface area contributed by atoms with Crippen molar-refractivity contribution in [1.82, 2.24) is 5.43 Å². The van der Waals surface area contributed by atoms with E-state index in [4.69, 9.17) is 15.3 Å². The fourth-order valence-electron chi connectivity index (χ4n) is 3.00.